The van der Waals surface area contributed by atoms with Crippen molar-refractivity contribution in [1.82, 2.24) is 4.98 Å². The van der Waals surface area contributed by atoms with Crippen LogP contribution in [0.25, 0.3) is 0 Å². The van der Waals surface area contributed by atoms with Gasteiger partial charge >= 0.3 is 0 Å². The summed E-state index contributed by atoms with van der Waals surface area (Å²) in [4.78, 5) is 4.04. The lowest BCUT2D eigenvalue weighted by molar-refractivity contribution is 0.360. The van der Waals surface area contributed by atoms with Crippen LogP contribution in [0.15, 0.2) is 59.5 Å². The summed E-state index contributed by atoms with van der Waals surface area (Å²) in [7, 11) is 0. The highest BCUT2D eigenvalue weighted by Gasteiger charge is 2.00. The summed E-state index contributed by atoms with van der Waals surface area (Å²) in [6.45, 7) is 9.17. The third kappa shape index (κ3) is 9.41. The number of nitrogens with zero attached hydrogens (tertiary/aromatic N) is 1. The van der Waals surface area contributed by atoms with Gasteiger partial charge in [0.05, 0.1) is 0 Å². The molecule has 0 saturated carbocycles. The molecule has 0 saturated heterocycles. The molecule has 130 valence electrons. The second-order valence-corrected chi connectivity index (χ2v) is 6.67. The summed E-state index contributed by atoms with van der Waals surface area (Å²) >= 11 is 5.25. The molecular formula is C21H29NOS. The number of hydrogen-bond donors (Lipinski definition) is 0. The van der Waals surface area contributed by atoms with E-state index in [2.05, 4.69) is 50.9 Å². The molecule has 0 bridgehead atoms. The van der Waals surface area contributed by atoms with Gasteiger partial charge in [0.25, 0.3) is 0 Å². The molecule has 0 aliphatic heterocycles. The van der Waals surface area contributed by atoms with Gasteiger partial charge in [-0.15, -0.1) is 0 Å². The van der Waals surface area contributed by atoms with Crippen LogP contribution < -0.4 is 0 Å². The minimum absolute atomic E-state index is 0.502. The Balaban J connectivity index is 2.27. The molecule has 2 nitrogen and oxygen atoms in total. The van der Waals surface area contributed by atoms with Gasteiger partial charge in [0.2, 0.25) is 0 Å². The van der Waals surface area contributed by atoms with Crippen molar-refractivity contribution in [2.75, 3.05) is 6.61 Å². The molecule has 0 aliphatic carbocycles. The Morgan fingerprint density at radius 2 is 1.71 bits per heavy atom. The number of pyridine rings is 1. The van der Waals surface area contributed by atoms with E-state index in [1.54, 1.807) is 12.4 Å². The molecule has 0 spiro atoms. The predicted molar refractivity (Wildman–Crippen MR) is 107 cm³/mol. The molecule has 0 N–H and O–H groups in total. The van der Waals surface area contributed by atoms with Crippen molar-refractivity contribution >= 4 is 17.3 Å². The molecule has 1 aromatic rings. The van der Waals surface area contributed by atoms with Crippen LogP contribution in [-0.2, 0) is 4.74 Å². The second-order valence-electron chi connectivity index (χ2n) is 6.30. The highest BCUT2D eigenvalue weighted by Crippen LogP contribution is 2.11. The summed E-state index contributed by atoms with van der Waals surface area (Å²) < 4.78 is 5.59. The Labute approximate surface area is 152 Å². The molecule has 0 aromatic carbocycles. The van der Waals surface area contributed by atoms with Crippen molar-refractivity contribution in [2.45, 2.75) is 53.4 Å². The van der Waals surface area contributed by atoms with Gasteiger partial charge in [0.1, 0.15) is 6.61 Å². The van der Waals surface area contributed by atoms with Crippen LogP contribution in [0.2, 0.25) is 0 Å². The fourth-order valence-corrected chi connectivity index (χ4v) is 2.35. The van der Waals surface area contributed by atoms with Crippen LogP contribution in [0.1, 0.15) is 58.9 Å². The van der Waals surface area contributed by atoms with Crippen LogP contribution in [-0.4, -0.2) is 16.6 Å². The first-order valence-corrected chi connectivity index (χ1v) is 8.91. The maximum Gasteiger partial charge on any atom is 0.193 e. The zero-order valence-electron chi connectivity index (χ0n) is 15.3. The Hall–Kier alpha value is -1.74. The molecule has 1 aromatic heterocycles. The number of aromatic nitrogens is 1. The third-order valence-corrected chi connectivity index (χ3v) is 4.02. The third-order valence-electron chi connectivity index (χ3n) is 3.67. The molecule has 1 rings (SSSR count). The van der Waals surface area contributed by atoms with Crippen molar-refractivity contribution < 1.29 is 4.74 Å². The van der Waals surface area contributed by atoms with Crippen molar-refractivity contribution in [3.63, 3.8) is 0 Å². The summed E-state index contributed by atoms with van der Waals surface area (Å²) in [5.41, 5.74) is 5.05. The van der Waals surface area contributed by atoms with Crippen LogP contribution in [0.3, 0.4) is 0 Å². The number of allylic oxidation sites excluding steroid dienone is 5. The van der Waals surface area contributed by atoms with Gasteiger partial charge in [-0.25, -0.2) is 0 Å². The van der Waals surface area contributed by atoms with Gasteiger partial charge in [-0.3, -0.25) is 4.98 Å². The molecule has 0 atom stereocenters. The van der Waals surface area contributed by atoms with Gasteiger partial charge in [-0.1, -0.05) is 28.9 Å². The average Bonchev–Trinajstić information content (AvgIpc) is 2.55. The van der Waals surface area contributed by atoms with E-state index in [1.807, 2.05) is 12.1 Å². The zero-order valence-corrected chi connectivity index (χ0v) is 16.2. The van der Waals surface area contributed by atoms with E-state index in [0.29, 0.717) is 11.7 Å². The van der Waals surface area contributed by atoms with E-state index >= 15 is 0 Å². The first kappa shape index (κ1) is 20.3. The van der Waals surface area contributed by atoms with Gasteiger partial charge in [-0.2, -0.15) is 0 Å². The molecule has 0 fully saturated rings. The highest BCUT2D eigenvalue weighted by atomic mass is 32.1. The van der Waals surface area contributed by atoms with E-state index in [0.717, 1.165) is 31.2 Å². The maximum atomic E-state index is 5.59. The Kier molecular flexibility index (Phi) is 9.94. The van der Waals surface area contributed by atoms with Crippen LogP contribution >= 0.6 is 12.2 Å². The molecular weight excluding hydrogens is 314 g/mol. The molecule has 24 heavy (non-hydrogen) atoms. The van der Waals surface area contributed by atoms with Crippen LogP contribution in [0.4, 0.5) is 0 Å². The second kappa shape index (κ2) is 11.7. The van der Waals surface area contributed by atoms with Gasteiger partial charge in [0.15, 0.2) is 5.05 Å². The van der Waals surface area contributed by atoms with Crippen LogP contribution in [0.5, 0.6) is 0 Å². The quantitative estimate of drug-likeness (QED) is 0.394. The van der Waals surface area contributed by atoms with E-state index < -0.39 is 0 Å². The van der Waals surface area contributed by atoms with Crippen molar-refractivity contribution in [2.24, 2.45) is 0 Å². The summed E-state index contributed by atoms with van der Waals surface area (Å²) in [6, 6.07) is 3.77. The fourth-order valence-electron chi connectivity index (χ4n) is 2.17. The van der Waals surface area contributed by atoms with Crippen molar-refractivity contribution in [3.8, 4) is 0 Å². The molecule has 3 heteroatoms. The molecule has 0 amide bonds. The number of rotatable bonds is 9. The Morgan fingerprint density at radius 3 is 2.33 bits per heavy atom. The topological polar surface area (TPSA) is 22.1 Å². The normalized spacial score (nSPS) is 12.0. The standard InChI is InChI=1S/C21H29NOS/c1-17(2)8-5-9-18(3)10-6-11-19(4)13-15-23-21(24)20-12-7-14-22-16-20/h7-8,10,12-14,16H,5-6,9,11,15H2,1-4H3. The minimum atomic E-state index is 0.502. The van der Waals surface area contributed by atoms with Crippen molar-refractivity contribution in [3.05, 3.63) is 65.0 Å². The van der Waals surface area contributed by atoms with E-state index in [1.165, 1.54) is 16.7 Å². The fraction of sp³-hybridized carbons (Fsp3) is 0.429. The zero-order chi connectivity index (χ0) is 17.8. The van der Waals surface area contributed by atoms with E-state index in [4.69, 9.17) is 17.0 Å². The molecule has 0 unspecified atom stereocenters. The highest BCUT2D eigenvalue weighted by molar-refractivity contribution is 7.80. The number of ether oxygens (including phenoxy) is 1. The average molecular weight is 344 g/mol. The summed E-state index contributed by atoms with van der Waals surface area (Å²) in [5.74, 6) is 0. The van der Waals surface area contributed by atoms with E-state index in [9.17, 15) is 0 Å². The van der Waals surface area contributed by atoms with Gasteiger partial charge in [-0.05, 0) is 83.8 Å². The smallest absolute Gasteiger partial charge is 0.193 e. The van der Waals surface area contributed by atoms with Gasteiger partial charge < -0.3 is 4.74 Å². The first-order chi connectivity index (χ1) is 11.5. The Morgan fingerprint density at radius 1 is 1.04 bits per heavy atom. The van der Waals surface area contributed by atoms with Crippen molar-refractivity contribution in [1.29, 1.82) is 0 Å². The molecule has 1 heterocycles. The van der Waals surface area contributed by atoms with E-state index in [-0.39, 0.29) is 0 Å². The number of hydrogen-bond acceptors (Lipinski definition) is 3. The Bertz CT molecular complexity index is 596. The monoisotopic (exact) mass is 343 g/mol. The molecule has 0 aliphatic rings. The molecule has 0 radical (unpaired) electrons. The summed E-state index contributed by atoms with van der Waals surface area (Å²) in [5, 5.41) is 0.502. The summed E-state index contributed by atoms with van der Waals surface area (Å²) in [6.07, 6.45) is 14.6. The largest absolute Gasteiger partial charge is 0.479 e. The van der Waals surface area contributed by atoms with Gasteiger partial charge in [0, 0.05) is 18.0 Å². The maximum absolute atomic E-state index is 5.59. The minimum Gasteiger partial charge on any atom is -0.479 e. The first-order valence-electron chi connectivity index (χ1n) is 8.51. The SMILES string of the molecule is CC(C)=CCCC(C)=CCCC(C)=CCOC(=S)c1cccnc1. The van der Waals surface area contributed by atoms with Crippen LogP contribution in [0, 0.1) is 0 Å². The lowest BCUT2D eigenvalue weighted by Gasteiger charge is -2.05. The lowest BCUT2D eigenvalue weighted by Crippen LogP contribution is -2.04. The lowest BCUT2D eigenvalue weighted by atomic mass is 10.1. The predicted octanol–water partition coefficient (Wildman–Crippen LogP) is 6.19. The number of thiocarbonyl (C=S) groups is 1.